The number of anilines is 1. The average molecular weight is 300 g/mol. The minimum absolute atomic E-state index is 0.0853. The summed E-state index contributed by atoms with van der Waals surface area (Å²) in [4.78, 5) is 7.95. The molecule has 0 unspecified atom stereocenters. The molecule has 6 N–H and O–H groups in total. The van der Waals surface area contributed by atoms with Crippen molar-refractivity contribution in [2.45, 2.75) is 26.8 Å². The van der Waals surface area contributed by atoms with E-state index in [4.69, 9.17) is 28.2 Å². The van der Waals surface area contributed by atoms with E-state index in [2.05, 4.69) is 15.3 Å². The van der Waals surface area contributed by atoms with Gasteiger partial charge in [0.1, 0.15) is 0 Å². The van der Waals surface area contributed by atoms with Gasteiger partial charge in [0.25, 0.3) is 0 Å². The number of nitrogens with one attached hydrogen (secondary N) is 1. The van der Waals surface area contributed by atoms with Crippen molar-refractivity contribution in [2.75, 3.05) is 11.9 Å². The van der Waals surface area contributed by atoms with Gasteiger partial charge in [-0.3, -0.25) is 0 Å². The van der Waals surface area contributed by atoms with Gasteiger partial charge in [0.2, 0.25) is 11.9 Å². The maximum atomic E-state index is 7.57. The summed E-state index contributed by atoms with van der Waals surface area (Å²) in [6.07, 6.45) is 0. The Morgan fingerprint density at radius 2 is 1.80 bits per heavy atom. The number of benzene rings is 1. The Hall–Kier alpha value is -1.79. The molecule has 1 aromatic rings. The van der Waals surface area contributed by atoms with Crippen LogP contribution >= 0.6 is 11.6 Å². The van der Waals surface area contributed by atoms with E-state index >= 15 is 0 Å². The molecular formula is C13H22ClN5O. The van der Waals surface area contributed by atoms with Gasteiger partial charge in [0, 0.05) is 23.4 Å². The van der Waals surface area contributed by atoms with Gasteiger partial charge in [-0.1, -0.05) is 11.6 Å². The molecule has 0 amide bonds. The molecule has 0 aromatic heterocycles. The molecule has 0 spiro atoms. The van der Waals surface area contributed by atoms with E-state index in [1.54, 1.807) is 31.2 Å². The fraction of sp³-hybridized carbons (Fsp3) is 0.385. The summed E-state index contributed by atoms with van der Waals surface area (Å²) in [6, 6.07) is 7.17. The lowest BCUT2D eigenvalue weighted by Crippen LogP contribution is -2.26. The van der Waals surface area contributed by atoms with E-state index in [1.165, 1.54) is 0 Å². The van der Waals surface area contributed by atoms with Crippen LogP contribution < -0.4 is 16.8 Å². The van der Waals surface area contributed by atoms with Crippen LogP contribution in [0.2, 0.25) is 5.02 Å². The number of aliphatic hydroxyl groups excluding tert-OH is 1. The number of rotatable bonds is 2. The van der Waals surface area contributed by atoms with Gasteiger partial charge in [0.05, 0.1) is 0 Å². The molecule has 0 saturated carbocycles. The number of hydrogen-bond acceptors (Lipinski definition) is 2. The highest BCUT2D eigenvalue weighted by atomic mass is 35.5. The first kappa shape index (κ1) is 18.2. The van der Waals surface area contributed by atoms with Crippen LogP contribution in [-0.4, -0.2) is 29.7 Å². The minimum Gasteiger partial charge on any atom is -0.397 e. The Morgan fingerprint density at radius 3 is 2.25 bits per heavy atom. The number of aliphatic hydroxyl groups is 1. The lowest BCUT2D eigenvalue weighted by atomic mass is 10.3. The smallest absolute Gasteiger partial charge is 0.218 e. The van der Waals surface area contributed by atoms with Crippen LogP contribution in [0.4, 0.5) is 5.69 Å². The molecule has 0 radical (unpaired) electrons. The number of guanidine groups is 2. The second-order valence-electron chi connectivity index (χ2n) is 4.03. The largest absolute Gasteiger partial charge is 0.397 e. The lowest BCUT2D eigenvalue weighted by molar-refractivity contribution is 0.318. The molecule has 1 rings (SSSR count). The molecule has 112 valence electrons. The second kappa shape index (κ2) is 10.1. The molecule has 20 heavy (non-hydrogen) atoms. The second-order valence-corrected chi connectivity index (χ2v) is 4.46. The van der Waals surface area contributed by atoms with Gasteiger partial charge in [-0.15, -0.1) is 0 Å². The van der Waals surface area contributed by atoms with Crippen molar-refractivity contribution in [3.63, 3.8) is 0 Å². The number of hydrogen-bond donors (Lipinski definition) is 4. The van der Waals surface area contributed by atoms with Gasteiger partial charge in [-0.05, 0) is 45.0 Å². The molecule has 7 heteroatoms. The van der Waals surface area contributed by atoms with E-state index in [0.717, 1.165) is 5.69 Å². The van der Waals surface area contributed by atoms with Gasteiger partial charge < -0.3 is 21.9 Å². The van der Waals surface area contributed by atoms with E-state index in [0.29, 0.717) is 5.02 Å². The highest BCUT2D eigenvalue weighted by Crippen LogP contribution is 2.12. The van der Waals surface area contributed by atoms with E-state index in [9.17, 15) is 0 Å². The van der Waals surface area contributed by atoms with Crippen LogP contribution in [0.3, 0.4) is 0 Å². The highest BCUT2D eigenvalue weighted by Gasteiger charge is 1.97. The fourth-order valence-electron chi connectivity index (χ4n) is 1.13. The molecule has 1 aromatic carbocycles. The number of nitrogens with zero attached hydrogens (tertiary/aromatic N) is 2. The van der Waals surface area contributed by atoms with Crippen LogP contribution in [0, 0.1) is 0 Å². The zero-order chi connectivity index (χ0) is 15.5. The van der Waals surface area contributed by atoms with Crippen molar-refractivity contribution < 1.29 is 5.11 Å². The third-order valence-corrected chi connectivity index (χ3v) is 1.99. The average Bonchev–Trinajstić information content (AvgIpc) is 2.31. The summed E-state index contributed by atoms with van der Waals surface area (Å²) in [5.41, 5.74) is 12.0. The normalized spacial score (nSPS) is 11.9. The SMILES string of the molecule is CC(C)N=C(N)N=C(N)Nc1ccc(Cl)cc1.CCO. The van der Waals surface area contributed by atoms with Crippen molar-refractivity contribution in [2.24, 2.45) is 21.5 Å². The topological polar surface area (TPSA) is 109 Å². The lowest BCUT2D eigenvalue weighted by Gasteiger charge is -2.05. The van der Waals surface area contributed by atoms with Crippen LogP contribution in [-0.2, 0) is 0 Å². The summed E-state index contributed by atoms with van der Waals surface area (Å²) in [5.74, 6) is 0.341. The quantitative estimate of drug-likeness (QED) is 0.493. The first-order valence-corrected chi connectivity index (χ1v) is 6.57. The highest BCUT2D eigenvalue weighted by molar-refractivity contribution is 6.30. The van der Waals surface area contributed by atoms with Crippen LogP contribution in [0.15, 0.2) is 34.3 Å². The van der Waals surface area contributed by atoms with Gasteiger partial charge in [-0.2, -0.15) is 4.99 Å². The first-order valence-electron chi connectivity index (χ1n) is 6.19. The van der Waals surface area contributed by atoms with Crippen LogP contribution in [0.1, 0.15) is 20.8 Å². The van der Waals surface area contributed by atoms with E-state index in [-0.39, 0.29) is 24.6 Å². The maximum absolute atomic E-state index is 7.57. The Kier molecular flexibility index (Phi) is 9.15. The molecule has 0 aliphatic rings. The van der Waals surface area contributed by atoms with Crippen molar-refractivity contribution in [3.05, 3.63) is 29.3 Å². The summed E-state index contributed by atoms with van der Waals surface area (Å²) < 4.78 is 0. The zero-order valence-electron chi connectivity index (χ0n) is 12.0. The molecule has 0 aliphatic heterocycles. The Morgan fingerprint density at radius 1 is 1.30 bits per heavy atom. The molecule has 6 nitrogen and oxygen atoms in total. The van der Waals surface area contributed by atoms with Crippen molar-refractivity contribution in [1.82, 2.24) is 0 Å². The fourth-order valence-corrected chi connectivity index (χ4v) is 1.25. The van der Waals surface area contributed by atoms with Gasteiger partial charge in [-0.25, -0.2) is 4.99 Å². The number of aliphatic imine (C=N–C) groups is 2. The molecule has 0 heterocycles. The third-order valence-electron chi connectivity index (χ3n) is 1.74. The molecular weight excluding hydrogens is 278 g/mol. The third kappa shape index (κ3) is 9.18. The molecule has 0 fully saturated rings. The molecule has 0 atom stereocenters. The Labute approximate surface area is 124 Å². The van der Waals surface area contributed by atoms with Gasteiger partial charge in [0.15, 0.2) is 0 Å². The Balaban J connectivity index is 0.00000110. The van der Waals surface area contributed by atoms with E-state index < -0.39 is 0 Å². The van der Waals surface area contributed by atoms with Crippen molar-refractivity contribution in [1.29, 1.82) is 0 Å². The van der Waals surface area contributed by atoms with E-state index in [1.807, 2.05) is 13.8 Å². The maximum Gasteiger partial charge on any atom is 0.218 e. The monoisotopic (exact) mass is 299 g/mol. The summed E-state index contributed by atoms with van der Waals surface area (Å²) in [5, 5.41) is 11.1. The molecule has 0 saturated heterocycles. The summed E-state index contributed by atoms with van der Waals surface area (Å²) in [7, 11) is 0. The van der Waals surface area contributed by atoms with Crippen molar-refractivity contribution in [3.8, 4) is 0 Å². The Bertz CT molecular complexity index is 443. The first-order chi connectivity index (χ1) is 9.38. The summed E-state index contributed by atoms with van der Waals surface area (Å²) in [6.45, 7) is 5.75. The zero-order valence-corrected chi connectivity index (χ0v) is 12.7. The van der Waals surface area contributed by atoms with Crippen LogP contribution in [0.25, 0.3) is 0 Å². The summed E-state index contributed by atoms with van der Waals surface area (Å²) >= 11 is 5.76. The minimum atomic E-state index is 0.0853. The van der Waals surface area contributed by atoms with Crippen LogP contribution in [0.5, 0.6) is 0 Å². The number of nitrogens with two attached hydrogens (primary N) is 2. The predicted molar refractivity (Wildman–Crippen MR) is 86.2 cm³/mol. The van der Waals surface area contributed by atoms with Crippen molar-refractivity contribution >= 4 is 29.2 Å². The molecule has 0 aliphatic carbocycles. The number of halogens is 1. The van der Waals surface area contributed by atoms with Gasteiger partial charge >= 0.3 is 0 Å². The predicted octanol–water partition coefficient (Wildman–Crippen LogP) is 1.79. The molecule has 0 bridgehead atoms. The standard InChI is InChI=1S/C11H16ClN5.C2H6O/c1-7(2)15-10(13)17-11(14)16-9-5-3-8(12)4-6-9;1-2-3/h3-7H,1-2H3,(H5,13,14,15,16,17);3H,2H2,1H3.